The Hall–Kier alpha value is -1.47. The van der Waals surface area contributed by atoms with Crippen LogP contribution in [-0.4, -0.2) is 34.1 Å². The van der Waals surface area contributed by atoms with Crippen LogP contribution in [0.25, 0.3) is 0 Å². The van der Waals surface area contributed by atoms with Crippen molar-refractivity contribution in [2.75, 3.05) is 13.2 Å². The molecular weight excluding hydrogens is 234 g/mol. The Labute approximate surface area is 107 Å². The second-order valence-corrected chi connectivity index (χ2v) is 4.10. The molecule has 18 heavy (non-hydrogen) atoms. The maximum atomic E-state index is 11.1. The van der Waals surface area contributed by atoms with Crippen LogP contribution in [0.15, 0.2) is 6.20 Å². The van der Waals surface area contributed by atoms with Crippen LogP contribution in [0.4, 0.5) is 0 Å². The third kappa shape index (κ3) is 4.42. The second-order valence-electron chi connectivity index (χ2n) is 4.10. The maximum absolute atomic E-state index is 11.1. The van der Waals surface area contributed by atoms with Crippen LogP contribution in [0.5, 0.6) is 0 Å². The highest BCUT2D eigenvalue weighted by Crippen LogP contribution is 2.07. The average Bonchev–Trinajstić information content (AvgIpc) is 2.87. The van der Waals surface area contributed by atoms with Crippen molar-refractivity contribution in [1.82, 2.24) is 20.4 Å². The van der Waals surface area contributed by atoms with Crippen LogP contribution < -0.4 is 11.3 Å². The van der Waals surface area contributed by atoms with Crippen LogP contribution in [0.2, 0.25) is 0 Å². The minimum Gasteiger partial charge on any atom is -0.379 e. The number of amides is 1. The number of hydrazine groups is 1. The molecule has 0 saturated heterocycles. The molecule has 7 heteroatoms. The number of carbonyl (C=O) groups is 1. The third-order valence-electron chi connectivity index (χ3n) is 2.88. The fourth-order valence-corrected chi connectivity index (χ4v) is 1.52. The highest BCUT2D eigenvalue weighted by Gasteiger charge is 2.08. The molecule has 1 heterocycles. The van der Waals surface area contributed by atoms with Gasteiger partial charge < -0.3 is 4.74 Å². The number of rotatable bonds is 8. The van der Waals surface area contributed by atoms with E-state index in [0.717, 1.165) is 19.4 Å². The van der Waals surface area contributed by atoms with Gasteiger partial charge in [0.15, 0.2) is 5.69 Å². The van der Waals surface area contributed by atoms with Gasteiger partial charge >= 0.3 is 0 Å². The first-order valence-electron chi connectivity index (χ1n) is 6.20. The van der Waals surface area contributed by atoms with Crippen LogP contribution in [0, 0.1) is 5.92 Å². The maximum Gasteiger partial charge on any atom is 0.287 e. The minimum atomic E-state index is -0.445. The summed E-state index contributed by atoms with van der Waals surface area (Å²) in [6.07, 6.45) is 3.80. The van der Waals surface area contributed by atoms with E-state index >= 15 is 0 Å². The van der Waals surface area contributed by atoms with Gasteiger partial charge in [0.1, 0.15) is 0 Å². The molecule has 0 aliphatic heterocycles. The van der Waals surface area contributed by atoms with E-state index in [1.807, 2.05) is 5.43 Å². The Bertz CT molecular complexity index is 362. The number of aromatic nitrogens is 3. The van der Waals surface area contributed by atoms with Crippen molar-refractivity contribution >= 4 is 5.91 Å². The van der Waals surface area contributed by atoms with E-state index < -0.39 is 5.91 Å². The van der Waals surface area contributed by atoms with E-state index in [0.29, 0.717) is 19.1 Å². The Morgan fingerprint density at radius 3 is 2.89 bits per heavy atom. The molecule has 0 saturated carbocycles. The summed E-state index contributed by atoms with van der Waals surface area (Å²) < 4.78 is 7.13. The largest absolute Gasteiger partial charge is 0.379 e. The first-order valence-corrected chi connectivity index (χ1v) is 6.20. The summed E-state index contributed by atoms with van der Waals surface area (Å²) in [5, 5.41) is 7.51. The van der Waals surface area contributed by atoms with Crippen LogP contribution in [0.1, 0.15) is 37.2 Å². The van der Waals surface area contributed by atoms with Crippen molar-refractivity contribution in [3.05, 3.63) is 11.9 Å². The zero-order valence-electron chi connectivity index (χ0n) is 10.9. The summed E-state index contributed by atoms with van der Waals surface area (Å²) >= 11 is 0. The summed E-state index contributed by atoms with van der Waals surface area (Å²) in [5.41, 5.74) is 2.21. The Balaban J connectivity index is 2.27. The highest BCUT2D eigenvalue weighted by atomic mass is 16.5. The molecule has 7 nitrogen and oxygen atoms in total. The van der Waals surface area contributed by atoms with Crippen molar-refractivity contribution in [3.8, 4) is 0 Å². The van der Waals surface area contributed by atoms with Crippen molar-refractivity contribution in [2.45, 2.75) is 33.2 Å². The number of nitrogens with two attached hydrogens (primary N) is 1. The summed E-state index contributed by atoms with van der Waals surface area (Å²) in [7, 11) is 0. The zero-order valence-corrected chi connectivity index (χ0v) is 10.9. The molecule has 3 N–H and O–H groups in total. The lowest BCUT2D eigenvalue weighted by Crippen LogP contribution is -2.30. The van der Waals surface area contributed by atoms with E-state index in [1.54, 1.807) is 10.9 Å². The van der Waals surface area contributed by atoms with E-state index in [1.165, 1.54) is 0 Å². The van der Waals surface area contributed by atoms with Crippen LogP contribution in [-0.2, 0) is 11.3 Å². The number of nitrogen functional groups attached to an aromatic ring is 1. The Kier molecular flexibility index (Phi) is 6.31. The van der Waals surface area contributed by atoms with E-state index in [4.69, 9.17) is 10.6 Å². The average molecular weight is 255 g/mol. The van der Waals surface area contributed by atoms with Gasteiger partial charge in [-0.2, -0.15) is 0 Å². The molecule has 0 radical (unpaired) electrons. The molecule has 1 aromatic heterocycles. The van der Waals surface area contributed by atoms with Gasteiger partial charge in [0, 0.05) is 6.61 Å². The number of ether oxygens (including phenoxy) is 1. The quantitative estimate of drug-likeness (QED) is 0.302. The fraction of sp³-hybridized carbons (Fsp3) is 0.727. The minimum absolute atomic E-state index is 0.206. The predicted molar refractivity (Wildman–Crippen MR) is 66.6 cm³/mol. The topological polar surface area (TPSA) is 95.1 Å². The van der Waals surface area contributed by atoms with Gasteiger partial charge in [-0.15, -0.1) is 5.10 Å². The zero-order chi connectivity index (χ0) is 13.4. The van der Waals surface area contributed by atoms with E-state index in [-0.39, 0.29) is 5.69 Å². The first kappa shape index (κ1) is 14.6. The van der Waals surface area contributed by atoms with Crippen LogP contribution in [0.3, 0.4) is 0 Å². The Morgan fingerprint density at radius 1 is 1.56 bits per heavy atom. The van der Waals surface area contributed by atoms with Gasteiger partial charge in [-0.25, -0.2) is 10.5 Å². The van der Waals surface area contributed by atoms with Gasteiger partial charge in [0.2, 0.25) is 0 Å². The van der Waals surface area contributed by atoms with E-state index in [2.05, 4.69) is 24.2 Å². The van der Waals surface area contributed by atoms with Gasteiger partial charge in [-0.05, 0) is 5.92 Å². The van der Waals surface area contributed by atoms with Crippen LogP contribution >= 0.6 is 0 Å². The fourth-order valence-electron chi connectivity index (χ4n) is 1.52. The molecule has 102 valence electrons. The monoisotopic (exact) mass is 255 g/mol. The lowest BCUT2D eigenvalue weighted by atomic mass is 10.1. The number of hydrogen-bond donors (Lipinski definition) is 2. The van der Waals surface area contributed by atoms with Gasteiger partial charge in [0.25, 0.3) is 5.91 Å². The molecule has 0 aliphatic carbocycles. The van der Waals surface area contributed by atoms with Gasteiger partial charge in [-0.3, -0.25) is 10.2 Å². The molecule has 0 bridgehead atoms. The predicted octanol–water partition coefficient (Wildman–Crippen LogP) is 0.334. The SMILES string of the molecule is CCC(CC)COCCn1cc(C(=O)NN)nn1. The number of nitrogens with zero attached hydrogens (tertiary/aromatic N) is 3. The van der Waals surface area contributed by atoms with E-state index in [9.17, 15) is 4.79 Å². The third-order valence-corrected chi connectivity index (χ3v) is 2.88. The summed E-state index contributed by atoms with van der Waals surface area (Å²) in [6.45, 7) is 6.21. The summed E-state index contributed by atoms with van der Waals surface area (Å²) in [6, 6.07) is 0. The van der Waals surface area contributed by atoms with Crippen molar-refractivity contribution in [1.29, 1.82) is 0 Å². The molecule has 0 aliphatic rings. The molecule has 0 aromatic carbocycles. The van der Waals surface area contributed by atoms with Gasteiger partial charge in [0.05, 0.1) is 19.3 Å². The van der Waals surface area contributed by atoms with Gasteiger partial charge in [-0.1, -0.05) is 31.9 Å². The Morgan fingerprint density at radius 2 is 2.28 bits per heavy atom. The molecule has 1 amide bonds. The standard InChI is InChI=1S/C11H21N5O2/c1-3-9(4-2)8-18-6-5-16-7-10(14-15-16)11(17)13-12/h7,9H,3-6,8,12H2,1-2H3,(H,13,17). The van der Waals surface area contributed by atoms with Crippen molar-refractivity contribution < 1.29 is 9.53 Å². The lowest BCUT2D eigenvalue weighted by molar-refractivity contribution is 0.0881. The summed E-state index contributed by atoms with van der Waals surface area (Å²) in [5.74, 6) is 5.16. The second kappa shape index (κ2) is 7.78. The number of hydrogen-bond acceptors (Lipinski definition) is 5. The molecular formula is C11H21N5O2. The smallest absolute Gasteiger partial charge is 0.287 e. The molecule has 0 unspecified atom stereocenters. The summed E-state index contributed by atoms with van der Waals surface area (Å²) in [4.78, 5) is 11.1. The molecule has 1 aromatic rings. The van der Waals surface area contributed by atoms with Crippen molar-refractivity contribution in [2.24, 2.45) is 11.8 Å². The molecule has 0 spiro atoms. The molecule has 1 rings (SSSR count). The number of carbonyl (C=O) groups excluding carboxylic acids is 1. The highest BCUT2D eigenvalue weighted by molar-refractivity contribution is 5.91. The lowest BCUT2D eigenvalue weighted by Gasteiger charge is -2.12. The molecule has 0 fully saturated rings. The molecule has 0 atom stereocenters. The first-order chi connectivity index (χ1) is 8.71. The van der Waals surface area contributed by atoms with Crippen molar-refractivity contribution in [3.63, 3.8) is 0 Å². The number of nitrogens with one attached hydrogen (secondary N) is 1. The normalized spacial score (nSPS) is 10.9.